The van der Waals surface area contributed by atoms with Gasteiger partial charge in [-0.2, -0.15) is 0 Å². The number of nitrogens with one attached hydrogen (secondary N) is 2. The quantitative estimate of drug-likeness (QED) is 0.642. The number of carboxylic acid groups (broad SMARTS) is 1. The first-order valence-electron chi connectivity index (χ1n) is 6.54. The summed E-state index contributed by atoms with van der Waals surface area (Å²) >= 11 is 0. The zero-order valence-electron chi connectivity index (χ0n) is 10.6. The molecule has 1 fully saturated rings. The lowest BCUT2D eigenvalue weighted by molar-refractivity contribution is -0.140. The molecule has 3 N–H and O–H groups in total. The van der Waals surface area contributed by atoms with E-state index in [1.54, 1.807) is 12.2 Å². The van der Waals surface area contributed by atoms with E-state index >= 15 is 0 Å². The second-order valence-corrected chi connectivity index (χ2v) is 5.11. The molecule has 100 valence electrons. The third-order valence-corrected chi connectivity index (χ3v) is 4.00. The van der Waals surface area contributed by atoms with Crippen molar-refractivity contribution in [2.75, 3.05) is 6.54 Å². The molecule has 1 saturated heterocycles. The van der Waals surface area contributed by atoms with Crippen molar-refractivity contribution in [1.29, 1.82) is 0 Å². The highest BCUT2D eigenvalue weighted by Crippen LogP contribution is 2.25. The molecule has 0 saturated carbocycles. The second kappa shape index (κ2) is 5.10. The standard InChI is InChI=1S/C13H20N2O3/c1-2-13(6-3-7-14-13)12(18)15-10-5-4-9(8-10)11(16)17/h4-5,9-10,14H,2-3,6-8H2,1H3,(H,15,18)(H,16,17). The van der Waals surface area contributed by atoms with Crippen molar-refractivity contribution >= 4 is 11.9 Å². The summed E-state index contributed by atoms with van der Waals surface area (Å²) in [4.78, 5) is 23.1. The molecule has 3 atom stereocenters. The summed E-state index contributed by atoms with van der Waals surface area (Å²) < 4.78 is 0. The van der Waals surface area contributed by atoms with Gasteiger partial charge in [0.15, 0.2) is 0 Å². The van der Waals surface area contributed by atoms with E-state index in [1.165, 1.54) is 0 Å². The molecule has 2 rings (SSSR count). The van der Waals surface area contributed by atoms with E-state index in [9.17, 15) is 9.59 Å². The van der Waals surface area contributed by atoms with Crippen molar-refractivity contribution in [3.05, 3.63) is 12.2 Å². The maximum atomic E-state index is 12.3. The number of hydrogen-bond acceptors (Lipinski definition) is 3. The Morgan fingerprint density at radius 3 is 2.78 bits per heavy atom. The lowest BCUT2D eigenvalue weighted by Gasteiger charge is -2.28. The van der Waals surface area contributed by atoms with Gasteiger partial charge < -0.3 is 15.7 Å². The summed E-state index contributed by atoms with van der Waals surface area (Å²) in [5, 5.41) is 15.1. The number of amides is 1. The van der Waals surface area contributed by atoms with Gasteiger partial charge >= 0.3 is 5.97 Å². The van der Waals surface area contributed by atoms with Gasteiger partial charge in [-0.15, -0.1) is 0 Å². The molecule has 3 unspecified atom stereocenters. The van der Waals surface area contributed by atoms with E-state index in [0.29, 0.717) is 6.42 Å². The molecule has 1 aliphatic heterocycles. The van der Waals surface area contributed by atoms with E-state index in [1.807, 2.05) is 6.92 Å². The minimum atomic E-state index is -0.827. The van der Waals surface area contributed by atoms with Crippen molar-refractivity contribution in [1.82, 2.24) is 10.6 Å². The first kappa shape index (κ1) is 13.1. The van der Waals surface area contributed by atoms with E-state index in [4.69, 9.17) is 5.11 Å². The molecule has 0 bridgehead atoms. The van der Waals surface area contributed by atoms with Crippen LogP contribution in [-0.4, -0.2) is 35.1 Å². The fourth-order valence-electron chi connectivity index (χ4n) is 2.76. The first-order valence-corrected chi connectivity index (χ1v) is 6.54. The normalized spacial score (nSPS) is 34.7. The van der Waals surface area contributed by atoms with Gasteiger partial charge in [0.25, 0.3) is 0 Å². The van der Waals surface area contributed by atoms with Crippen molar-refractivity contribution in [2.45, 2.75) is 44.2 Å². The Hall–Kier alpha value is -1.36. The van der Waals surface area contributed by atoms with Crippen LogP contribution in [0.1, 0.15) is 32.6 Å². The van der Waals surface area contributed by atoms with Gasteiger partial charge in [0.05, 0.1) is 11.5 Å². The summed E-state index contributed by atoms with van der Waals surface area (Å²) in [5.74, 6) is -1.29. The number of hydrogen-bond donors (Lipinski definition) is 3. The highest BCUT2D eigenvalue weighted by atomic mass is 16.4. The predicted molar refractivity (Wildman–Crippen MR) is 67.1 cm³/mol. The van der Waals surface area contributed by atoms with Gasteiger partial charge in [-0.3, -0.25) is 9.59 Å². The molecule has 2 aliphatic rings. The van der Waals surface area contributed by atoms with E-state index in [2.05, 4.69) is 10.6 Å². The van der Waals surface area contributed by atoms with Crippen molar-refractivity contribution < 1.29 is 14.7 Å². The van der Waals surface area contributed by atoms with Gasteiger partial charge in [-0.05, 0) is 32.2 Å². The lowest BCUT2D eigenvalue weighted by atomic mass is 9.92. The van der Waals surface area contributed by atoms with Crippen LogP contribution in [0.2, 0.25) is 0 Å². The minimum Gasteiger partial charge on any atom is -0.481 e. The monoisotopic (exact) mass is 252 g/mol. The van der Waals surface area contributed by atoms with E-state index in [0.717, 1.165) is 25.8 Å². The summed E-state index contributed by atoms with van der Waals surface area (Å²) in [7, 11) is 0. The first-order chi connectivity index (χ1) is 8.57. The molecule has 5 nitrogen and oxygen atoms in total. The van der Waals surface area contributed by atoms with Gasteiger partial charge in [-0.1, -0.05) is 19.1 Å². The number of aliphatic carboxylic acids is 1. The van der Waals surface area contributed by atoms with Gasteiger partial charge in [0.1, 0.15) is 0 Å². The van der Waals surface area contributed by atoms with Gasteiger partial charge in [0.2, 0.25) is 5.91 Å². The second-order valence-electron chi connectivity index (χ2n) is 5.11. The third-order valence-electron chi connectivity index (χ3n) is 4.00. The molecule has 0 spiro atoms. The Morgan fingerprint density at radius 1 is 1.50 bits per heavy atom. The lowest BCUT2D eigenvalue weighted by Crippen LogP contribution is -2.55. The number of carbonyl (C=O) groups excluding carboxylic acids is 1. The van der Waals surface area contributed by atoms with Gasteiger partial charge in [0, 0.05) is 6.04 Å². The Kier molecular flexibility index (Phi) is 3.71. The summed E-state index contributed by atoms with van der Waals surface area (Å²) in [6.07, 6.45) is 6.54. The zero-order valence-corrected chi connectivity index (χ0v) is 10.6. The Morgan fingerprint density at radius 2 is 2.28 bits per heavy atom. The average Bonchev–Trinajstić information content (AvgIpc) is 2.97. The summed E-state index contributed by atoms with van der Waals surface area (Å²) in [6.45, 7) is 2.88. The largest absolute Gasteiger partial charge is 0.481 e. The summed E-state index contributed by atoms with van der Waals surface area (Å²) in [5.41, 5.74) is -0.449. The van der Waals surface area contributed by atoms with Crippen LogP contribution >= 0.6 is 0 Å². The molecule has 0 aromatic heterocycles. The van der Waals surface area contributed by atoms with Crippen LogP contribution in [0.4, 0.5) is 0 Å². The predicted octanol–water partition coefficient (Wildman–Crippen LogP) is 0.664. The molecule has 1 amide bonds. The van der Waals surface area contributed by atoms with Crippen LogP contribution in [0.15, 0.2) is 12.2 Å². The maximum absolute atomic E-state index is 12.3. The molecule has 5 heteroatoms. The van der Waals surface area contributed by atoms with Crippen LogP contribution in [0.3, 0.4) is 0 Å². The van der Waals surface area contributed by atoms with Crippen LogP contribution in [-0.2, 0) is 9.59 Å². The molecule has 1 heterocycles. The topological polar surface area (TPSA) is 78.4 Å². The van der Waals surface area contributed by atoms with Crippen molar-refractivity contribution in [3.63, 3.8) is 0 Å². The highest BCUT2D eigenvalue weighted by molar-refractivity contribution is 5.87. The smallest absolute Gasteiger partial charge is 0.310 e. The average molecular weight is 252 g/mol. The SMILES string of the molecule is CCC1(C(=O)NC2C=CC(C(=O)O)C2)CCCN1. The van der Waals surface area contributed by atoms with Crippen LogP contribution in [0.5, 0.6) is 0 Å². The molecule has 18 heavy (non-hydrogen) atoms. The molecule has 0 radical (unpaired) electrons. The fourth-order valence-corrected chi connectivity index (χ4v) is 2.76. The number of rotatable bonds is 4. The molecular weight excluding hydrogens is 232 g/mol. The van der Waals surface area contributed by atoms with Crippen LogP contribution < -0.4 is 10.6 Å². The van der Waals surface area contributed by atoms with Crippen molar-refractivity contribution in [3.8, 4) is 0 Å². The Labute approximate surface area is 107 Å². The molecular formula is C13H20N2O3. The fraction of sp³-hybridized carbons (Fsp3) is 0.692. The van der Waals surface area contributed by atoms with Gasteiger partial charge in [-0.25, -0.2) is 0 Å². The van der Waals surface area contributed by atoms with Crippen LogP contribution in [0.25, 0.3) is 0 Å². The number of carbonyl (C=O) groups is 2. The van der Waals surface area contributed by atoms with Crippen LogP contribution in [0, 0.1) is 5.92 Å². The molecule has 0 aromatic carbocycles. The van der Waals surface area contributed by atoms with E-state index < -0.39 is 17.4 Å². The maximum Gasteiger partial charge on any atom is 0.310 e. The Balaban J connectivity index is 1.93. The molecule has 0 aromatic rings. The zero-order chi connectivity index (χ0) is 13.2. The Bertz CT molecular complexity index is 372. The summed E-state index contributed by atoms with van der Waals surface area (Å²) in [6, 6.07) is -0.149. The minimum absolute atomic E-state index is 0.00295. The highest BCUT2D eigenvalue weighted by Gasteiger charge is 2.40. The molecule has 1 aliphatic carbocycles. The number of carboxylic acids is 1. The van der Waals surface area contributed by atoms with E-state index in [-0.39, 0.29) is 11.9 Å². The van der Waals surface area contributed by atoms with Crippen molar-refractivity contribution in [2.24, 2.45) is 5.92 Å². The third kappa shape index (κ3) is 2.41.